The molecule has 0 saturated heterocycles. The Balaban J connectivity index is 1.38. The topological polar surface area (TPSA) is 86.8 Å². The first-order chi connectivity index (χ1) is 14.0. The van der Waals surface area contributed by atoms with E-state index >= 15 is 0 Å². The Hall–Kier alpha value is -3.03. The van der Waals surface area contributed by atoms with Gasteiger partial charge in [0.25, 0.3) is 0 Å². The second-order valence-corrected chi connectivity index (χ2v) is 7.97. The maximum absolute atomic E-state index is 13.1. The van der Waals surface area contributed by atoms with Crippen LogP contribution < -0.4 is 14.8 Å². The van der Waals surface area contributed by atoms with E-state index in [2.05, 4.69) is 10.3 Å². The molecule has 2 heterocycles. The van der Waals surface area contributed by atoms with Crippen molar-refractivity contribution in [3.8, 4) is 11.5 Å². The predicted octanol–water partition coefficient (Wildman–Crippen LogP) is 3.12. The maximum atomic E-state index is 13.1. The summed E-state index contributed by atoms with van der Waals surface area (Å²) in [5.41, 5.74) is 2.81. The number of carbonyl (C=O) groups is 1. The van der Waals surface area contributed by atoms with E-state index in [4.69, 9.17) is 9.47 Å². The molecule has 7 nitrogen and oxygen atoms in total. The fourth-order valence-corrected chi connectivity index (χ4v) is 3.87. The van der Waals surface area contributed by atoms with E-state index in [1.807, 2.05) is 56.6 Å². The molecule has 3 aromatic rings. The lowest BCUT2D eigenvalue weighted by Crippen LogP contribution is -2.27. The molecule has 1 unspecified atom stereocenters. The van der Waals surface area contributed by atoms with Crippen molar-refractivity contribution >= 4 is 22.5 Å². The molecule has 0 spiro atoms. The number of ether oxygens (including phenoxy) is 2. The van der Waals surface area contributed by atoms with E-state index in [0.29, 0.717) is 11.4 Å². The minimum Gasteiger partial charge on any atom is -0.454 e. The van der Waals surface area contributed by atoms with Crippen molar-refractivity contribution in [3.05, 3.63) is 53.7 Å². The van der Waals surface area contributed by atoms with Crippen molar-refractivity contribution in [2.75, 3.05) is 26.2 Å². The normalized spacial score (nSPS) is 17.5. The van der Waals surface area contributed by atoms with Gasteiger partial charge in [0, 0.05) is 16.6 Å². The number of carbonyl (C=O) groups excluding carboxylic acids is 1. The molecular formula is C22H23N3O4. The smallest absolute Gasteiger partial charge is 0.235 e. The van der Waals surface area contributed by atoms with Gasteiger partial charge in [-0.05, 0) is 68.9 Å². The van der Waals surface area contributed by atoms with Gasteiger partial charge in [-0.3, -0.25) is 9.69 Å². The molecular weight excluding hydrogens is 370 g/mol. The quantitative estimate of drug-likeness (QED) is 0.580. The van der Waals surface area contributed by atoms with E-state index in [1.54, 1.807) is 4.90 Å². The number of hydrogen-bond donors (Lipinski definition) is 3. The van der Waals surface area contributed by atoms with Crippen LogP contribution in [0.25, 0.3) is 10.9 Å². The molecule has 1 saturated carbocycles. The van der Waals surface area contributed by atoms with Crippen LogP contribution in [0.15, 0.2) is 42.5 Å². The minimum atomic E-state index is -0.707. The van der Waals surface area contributed by atoms with Gasteiger partial charge < -0.3 is 24.9 Å². The van der Waals surface area contributed by atoms with Crippen LogP contribution in [-0.2, 0) is 10.2 Å². The zero-order valence-corrected chi connectivity index (χ0v) is 16.4. The Morgan fingerprint density at radius 2 is 1.93 bits per heavy atom. The van der Waals surface area contributed by atoms with Gasteiger partial charge in [0.1, 0.15) is 6.23 Å². The third kappa shape index (κ3) is 3.03. The summed E-state index contributed by atoms with van der Waals surface area (Å²) in [6.45, 7) is 0.221. The monoisotopic (exact) mass is 393 g/mol. The number of benzene rings is 2. The lowest BCUT2D eigenvalue weighted by molar-refractivity contribution is -0.118. The predicted molar refractivity (Wildman–Crippen MR) is 109 cm³/mol. The SMILES string of the molecule is CN(C)C(O)c1cc2cc(NC(=O)C3(c4ccc5c(c4)OCO5)CC3)ccc2[nH]1. The van der Waals surface area contributed by atoms with Gasteiger partial charge in [-0.25, -0.2) is 0 Å². The van der Waals surface area contributed by atoms with Crippen molar-refractivity contribution in [1.82, 2.24) is 9.88 Å². The molecule has 0 bridgehead atoms. The second-order valence-electron chi connectivity index (χ2n) is 7.97. The summed E-state index contributed by atoms with van der Waals surface area (Å²) in [5.74, 6) is 1.40. The molecule has 29 heavy (non-hydrogen) atoms. The number of H-pyrrole nitrogens is 1. The Morgan fingerprint density at radius 1 is 1.14 bits per heavy atom. The lowest BCUT2D eigenvalue weighted by Gasteiger charge is -2.16. The highest BCUT2D eigenvalue weighted by Gasteiger charge is 2.51. The third-order valence-electron chi connectivity index (χ3n) is 5.78. The first-order valence-electron chi connectivity index (χ1n) is 9.65. The summed E-state index contributed by atoms with van der Waals surface area (Å²) in [7, 11) is 3.63. The summed E-state index contributed by atoms with van der Waals surface area (Å²) >= 11 is 0. The number of anilines is 1. The average Bonchev–Trinajstić information content (AvgIpc) is 3.20. The summed E-state index contributed by atoms with van der Waals surface area (Å²) in [6.07, 6.45) is 0.912. The maximum Gasteiger partial charge on any atom is 0.235 e. The molecule has 2 aromatic carbocycles. The van der Waals surface area contributed by atoms with Crippen LogP contribution in [0.4, 0.5) is 5.69 Å². The number of amides is 1. The standard InChI is InChI=1S/C22H23N3O4/c1-25(2)20(26)17-10-13-9-15(4-5-16(13)24-17)23-21(27)22(7-8-22)14-3-6-18-19(11-14)29-12-28-18/h3-6,9-11,20,24,26H,7-8,12H2,1-2H3,(H,23,27). The molecule has 1 amide bonds. The van der Waals surface area contributed by atoms with Gasteiger partial charge in [0.05, 0.1) is 11.1 Å². The molecule has 1 aliphatic heterocycles. The molecule has 150 valence electrons. The first kappa shape index (κ1) is 18.0. The van der Waals surface area contributed by atoms with Crippen LogP contribution in [-0.4, -0.2) is 41.8 Å². The molecule has 1 aliphatic carbocycles. The molecule has 3 N–H and O–H groups in total. The molecule has 7 heteroatoms. The van der Waals surface area contributed by atoms with E-state index in [9.17, 15) is 9.90 Å². The summed E-state index contributed by atoms with van der Waals surface area (Å²) in [6, 6.07) is 13.3. The molecule has 5 rings (SSSR count). The average molecular weight is 393 g/mol. The van der Waals surface area contributed by atoms with Crippen molar-refractivity contribution in [2.24, 2.45) is 0 Å². The number of rotatable bonds is 5. The molecule has 1 atom stereocenters. The van der Waals surface area contributed by atoms with E-state index in [-0.39, 0.29) is 12.7 Å². The summed E-state index contributed by atoms with van der Waals surface area (Å²) < 4.78 is 10.8. The van der Waals surface area contributed by atoms with Crippen LogP contribution in [0.3, 0.4) is 0 Å². The number of nitrogens with zero attached hydrogens (tertiary/aromatic N) is 1. The number of aliphatic hydroxyl groups is 1. The molecule has 2 aliphatic rings. The van der Waals surface area contributed by atoms with E-state index < -0.39 is 11.6 Å². The number of aliphatic hydroxyl groups excluding tert-OH is 1. The van der Waals surface area contributed by atoms with Gasteiger partial charge in [0.15, 0.2) is 11.5 Å². The number of hydrogen-bond acceptors (Lipinski definition) is 5. The molecule has 1 fully saturated rings. The van der Waals surface area contributed by atoms with Gasteiger partial charge >= 0.3 is 0 Å². The number of aromatic nitrogens is 1. The Labute approximate surface area is 168 Å². The third-order valence-corrected chi connectivity index (χ3v) is 5.78. The van der Waals surface area contributed by atoms with Crippen molar-refractivity contribution in [3.63, 3.8) is 0 Å². The van der Waals surface area contributed by atoms with Crippen LogP contribution >= 0.6 is 0 Å². The summed E-state index contributed by atoms with van der Waals surface area (Å²) in [5, 5.41) is 14.2. The van der Waals surface area contributed by atoms with Gasteiger partial charge in [-0.15, -0.1) is 0 Å². The zero-order valence-electron chi connectivity index (χ0n) is 16.4. The Kier molecular flexibility index (Phi) is 4.04. The van der Waals surface area contributed by atoms with Crippen LogP contribution in [0.2, 0.25) is 0 Å². The van der Waals surface area contributed by atoms with Crippen LogP contribution in [0, 0.1) is 0 Å². The van der Waals surface area contributed by atoms with Crippen molar-refractivity contribution in [1.29, 1.82) is 0 Å². The van der Waals surface area contributed by atoms with Gasteiger partial charge in [0.2, 0.25) is 12.7 Å². The minimum absolute atomic E-state index is 0.0141. The fourth-order valence-electron chi connectivity index (χ4n) is 3.87. The lowest BCUT2D eigenvalue weighted by atomic mass is 9.94. The number of aromatic amines is 1. The molecule has 1 aromatic heterocycles. The highest BCUT2D eigenvalue weighted by atomic mass is 16.7. The largest absolute Gasteiger partial charge is 0.454 e. The van der Waals surface area contributed by atoms with Crippen LogP contribution in [0.5, 0.6) is 11.5 Å². The fraction of sp³-hybridized carbons (Fsp3) is 0.318. The van der Waals surface area contributed by atoms with Gasteiger partial charge in [-0.1, -0.05) is 6.07 Å². The van der Waals surface area contributed by atoms with E-state index in [1.165, 1.54) is 0 Å². The highest BCUT2D eigenvalue weighted by molar-refractivity contribution is 6.02. The van der Waals surface area contributed by atoms with Crippen molar-refractivity contribution in [2.45, 2.75) is 24.5 Å². The Morgan fingerprint density at radius 3 is 2.69 bits per heavy atom. The number of nitrogens with one attached hydrogen (secondary N) is 2. The molecule has 0 radical (unpaired) electrons. The zero-order chi connectivity index (χ0) is 20.2. The van der Waals surface area contributed by atoms with Crippen LogP contribution in [0.1, 0.15) is 30.3 Å². The second kappa shape index (κ2) is 6.50. The Bertz CT molecular complexity index is 1100. The summed E-state index contributed by atoms with van der Waals surface area (Å²) in [4.78, 5) is 18.0. The van der Waals surface area contributed by atoms with Crippen molar-refractivity contribution < 1.29 is 19.4 Å². The van der Waals surface area contributed by atoms with Gasteiger partial charge in [-0.2, -0.15) is 0 Å². The first-order valence-corrected chi connectivity index (χ1v) is 9.65. The van der Waals surface area contributed by atoms with E-state index in [0.717, 1.165) is 40.7 Å². The highest BCUT2D eigenvalue weighted by Crippen LogP contribution is 2.51. The number of fused-ring (bicyclic) bond motifs is 2.